The molecule has 2 fully saturated rings. The highest BCUT2D eigenvalue weighted by Crippen LogP contribution is 2.48. The summed E-state index contributed by atoms with van der Waals surface area (Å²) in [6, 6.07) is 4.09. The van der Waals surface area contributed by atoms with Gasteiger partial charge in [-0.05, 0) is 51.8 Å². The Morgan fingerprint density at radius 2 is 1.77 bits per heavy atom. The van der Waals surface area contributed by atoms with Crippen molar-refractivity contribution in [3.05, 3.63) is 23.2 Å². The van der Waals surface area contributed by atoms with Crippen LogP contribution in [0.25, 0.3) is 0 Å². The van der Waals surface area contributed by atoms with E-state index in [4.69, 9.17) is 11.6 Å². The molecule has 26 heavy (non-hydrogen) atoms. The Labute approximate surface area is 158 Å². The molecule has 1 aromatic carbocycles. The third kappa shape index (κ3) is 3.40. The van der Waals surface area contributed by atoms with Gasteiger partial charge in [0.1, 0.15) is 0 Å². The molecule has 1 spiro atoms. The second kappa shape index (κ2) is 6.32. The van der Waals surface area contributed by atoms with Crippen LogP contribution in [0.5, 0.6) is 0 Å². The molecule has 2 amide bonds. The minimum absolute atomic E-state index is 0.00384. The lowest BCUT2D eigenvalue weighted by Crippen LogP contribution is -2.40. The standard InChI is InChI=1S/C18H23ClN2O4S/c1-17(2,3)20-26(24,25)12-6-7-14(13(19)10-12)21-15(22)11-18(16(21)23)8-4-5-9-18/h6-7,10,20H,4-5,8-9,11H2,1-3H3. The minimum Gasteiger partial charge on any atom is -0.274 e. The van der Waals surface area contributed by atoms with Crippen LogP contribution in [-0.2, 0) is 19.6 Å². The molecule has 2 aliphatic rings. The molecule has 1 heterocycles. The Morgan fingerprint density at radius 1 is 1.15 bits per heavy atom. The van der Waals surface area contributed by atoms with Gasteiger partial charge in [-0.25, -0.2) is 18.0 Å². The molecule has 0 radical (unpaired) electrons. The molecule has 8 heteroatoms. The Bertz CT molecular complexity index is 868. The van der Waals surface area contributed by atoms with E-state index in [9.17, 15) is 18.0 Å². The number of anilines is 1. The minimum atomic E-state index is -3.75. The number of sulfonamides is 1. The summed E-state index contributed by atoms with van der Waals surface area (Å²) in [7, 11) is -3.75. The van der Waals surface area contributed by atoms with Gasteiger partial charge in [0.05, 0.1) is 21.0 Å². The largest absolute Gasteiger partial charge is 0.274 e. The summed E-state index contributed by atoms with van der Waals surface area (Å²) >= 11 is 6.27. The monoisotopic (exact) mass is 398 g/mol. The van der Waals surface area contributed by atoms with Crippen LogP contribution in [0, 0.1) is 5.41 Å². The first kappa shape index (κ1) is 19.3. The van der Waals surface area contributed by atoms with Crippen molar-refractivity contribution in [3.63, 3.8) is 0 Å². The highest BCUT2D eigenvalue weighted by atomic mass is 35.5. The lowest BCUT2D eigenvalue weighted by Gasteiger charge is -2.23. The van der Waals surface area contributed by atoms with Gasteiger partial charge in [0.25, 0.3) is 0 Å². The van der Waals surface area contributed by atoms with Gasteiger partial charge in [-0.3, -0.25) is 9.59 Å². The molecule has 0 aromatic heterocycles. The summed E-state index contributed by atoms with van der Waals surface area (Å²) in [6.07, 6.45) is 3.52. The molecule has 3 rings (SSSR count). The Morgan fingerprint density at radius 3 is 2.31 bits per heavy atom. The lowest BCUT2D eigenvalue weighted by molar-refractivity contribution is -0.125. The summed E-state index contributed by atoms with van der Waals surface area (Å²) < 4.78 is 27.4. The number of imide groups is 1. The highest BCUT2D eigenvalue weighted by Gasteiger charge is 2.53. The third-order valence-corrected chi connectivity index (χ3v) is 6.93. The van der Waals surface area contributed by atoms with Crippen LogP contribution in [0.2, 0.25) is 5.02 Å². The zero-order valence-corrected chi connectivity index (χ0v) is 16.7. The van der Waals surface area contributed by atoms with Crippen LogP contribution in [0.15, 0.2) is 23.1 Å². The molecule has 0 atom stereocenters. The van der Waals surface area contributed by atoms with Crippen molar-refractivity contribution in [3.8, 4) is 0 Å². The van der Waals surface area contributed by atoms with E-state index >= 15 is 0 Å². The normalized spacial score (nSPS) is 20.4. The SMILES string of the molecule is CC(C)(C)NS(=O)(=O)c1ccc(N2C(=O)CC3(CCCC3)C2=O)c(Cl)c1. The maximum absolute atomic E-state index is 12.9. The van der Waals surface area contributed by atoms with Gasteiger partial charge in [0, 0.05) is 12.0 Å². The molecule has 1 aliphatic heterocycles. The number of carbonyl (C=O) groups excluding carboxylic acids is 2. The zero-order valence-electron chi connectivity index (χ0n) is 15.1. The Kier molecular flexibility index (Phi) is 4.70. The number of nitrogens with one attached hydrogen (secondary N) is 1. The molecule has 0 bridgehead atoms. The van der Waals surface area contributed by atoms with Crippen molar-refractivity contribution >= 4 is 39.1 Å². The van der Waals surface area contributed by atoms with Crippen molar-refractivity contribution in [2.45, 2.75) is 63.3 Å². The Balaban J connectivity index is 1.94. The first-order chi connectivity index (χ1) is 12.0. The summed E-state index contributed by atoms with van der Waals surface area (Å²) in [5, 5.41) is 0.0681. The molecule has 1 aromatic rings. The summed E-state index contributed by atoms with van der Waals surface area (Å²) in [4.78, 5) is 26.5. The van der Waals surface area contributed by atoms with E-state index in [0.29, 0.717) is 12.8 Å². The summed E-state index contributed by atoms with van der Waals surface area (Å²) in [5.74, 6) is -0.493. The van der Waals surface area contributed by atoms with Gasteiger partial charge < -0.3 is 0 Å². The first-order valence-electron chi connectivity index (χ1n) is 8.66. The maximum Gasteiger partial charge on any atom is 0.241 e. The quantitative estimate of drug-likeness (QED) is 0.792. The lowest BCUT2D eigenvalue weighted by atomic mass is 9.84. The number of carbonyl (C=O) groups is 2. The van der Waals surface area contributed by atoms with Crippen LogP contribution in [0.3, 0.4) is 0 Å². The fourth-order valence-corrected chi connectivity index (χ4v) is 5.55. The van der Waals surface area contributed by atoms with Gasteiger partial charge in [-0.1, -0.05) is 24.4 Å². The highest BCUT2D eigenvalue weighted by molar-refractivity contribution is 7.89. The fraction of sp³-hybridized carbons (Fsp3) is 0.556. The van der Waals surface area contributed by atoms with E-state index in [0.717, 1.165) is 17.7 Å². The molecule has 1 N–H and O–H groups in total. The zero-order chi connectivity index (χ0) is 19.3. The summed E-state index contributed by atoms with van der Waals surface area (Å²) in [5.41, 5.74) is -0.987. The van der Waals surface area contributed by atoms with E-state index in [2.05, 4.69) is 4.72 Å². The average molecular weight is 399 g/mol. The van der Waals surface area contributed by atoms with Crippen LogP contribution >= 0.6 is 11.6 Å². The Hall–Kier alpha value is -1.44. The molecule has 142 valence electrons. The fourth-order valence-electron chi connectivity index (χ4n) is 3.78. The number of halogens is 1. The number of hydrogen-bond donors (Lipinski definition) is 1. The molecule has 0 unspecified atom stereocenters. The predicted molar refractivity (Wildman–Crippen MR) is 99.5 cm³/mol. The van der Waals surface area contributed by atoms with Crippen LogP contribution in [0.1, 0.15) is 52.9 Å². The van der Waals surface area contributed by atoms with Gasteiger partial charge in [-0.2, -0.15) is 0 Å². The first-order valence-corrected chi connectivity index (χ1v) is 10.5. The molecule has 1 saturated heterocycles. The second-order valence-electron chi connectivity index (χ2n) is 8.17. The average Bonchev–Trinajstić information content (AvgIpc) is 3.04. The van der Waals surface area contributed by atoms with E-state index in [1.54, 1.807) is 20.8 Å². The van der Waals surface area contributed by atoms with Gasteiger partial charge in [0.15, 0.2) is 0 Å². The van der Waals surface area contributed by atoms with Crippen molar-refractivity contribution in [1.82, 2.24) is 4.72 Å². The number of benzene rings is 1. The number of hydrogen-bond acceptors (Lipinski definition) is 4. The number of amides is 2. The molecular weight excluding hydrogens is 376 g/mol. The van der Waals surface area contributed by atoms with Crippen molar-refractivity contribution in [1.29, 1.82) is 0 Å². The number of nitrogens with zero attached hydrogens (tertiary/aromatic N) is 1. The smallest absolute Gasteiger partial charge is 0.241 e. The predicted octanol–water partition coefficient (Wildman–Crippen LogP) is 3.24. The molecule has 1 saturated carbocycles. The topological polar surface area (TPSA) is 83.6 Å². The van der Waals surface area contributed by atoms with Crippen molar-refractivity contribution in [2.75, 3.05) is 4.90 Å². The van der Waals surface area contributed by atoms with Crippen LogP contribution < -0.4 is 9.62 Å². The third-order valence-electron chi connectivity index (χ3n) is 4.87. The molecule has 1 aliphatic carbocycles. The van der Waals surface area contributed by atoms with Crippen LogP contribution in [-0.4, -0.2) is 25.8 Å². The second-order valence-corrected chi connectivity index (χ2v) is 10.3. The number of rotatable bonds is 3. The van der Waals surface area contributed by atoms with Crippen molar-refractivity contribution in [2.24, 2.45) is 5.41 Å². The molecular formula is C18H23ClN2O4S. The maximum atomic E-state index is 12.9. The molecule has 6 nitrogen and oxygen atoms in total. The van der Waals surface area contributed by atoms with E-state index in [1.165, 1.54) is 18.2 Å². The van der Waals surface area contributed by atoms with E-state index in [-0.39, 0.29) is 33.8 Å². The van der Waals surface area contributed by atoms with Gasteiger partial charge in [0.2, 0.25) is 21.8 Å². The van der Waals surface area contributed by atoms with Crippen LogP contribution in [0.4, 0.5) is 5.69 Å². The van der Waals surface area contributed by atoms with E-state index in [1.807, 2.05) is 0 Å². The summed E-state index contributed by atoms with van der Waals surface area (Å²) in [6.45, 7) is 5.22. The van der Waals surface area contributed by atoms with E-state index < -0.39 is 21.0 Å². The van der Waals surface area contributed by atoms with Gasteiger partial charge >= 0.3 is 0 Å². The van der Waals surface area contributed by atoms with Gasteiger partial charge in [-0.15, -0.1) is 0 Å². The van der Waals surface area contributed by atoms with Crippen molar-refractivity contribution < 1.29 is 18.0 Å².